The highest BCUT2D eigenvalue weighted by Gasteiger charge is 2.02. The van der Waals surface area contributed by atoms with Crippen molar-refractivity contribution < 1.29 is 36.2 Å². The van der Waals surface area contributed by atoms with E-state index in [0.29, 0.717) is 26.2 Å². The van der Waals surface area contributed by atoms with E-state index in [4.69, 9.17) is 9.84 Å². The van der Waals surface area contributed by atoms with E-state index < -0.39 is 0 Å². The van der Waals surface area contributed by atoms with Gasteiger partial charge in [0.1, 0.15) is 6.54 Å². The molecule has 1 heterocycles. The summed E-state index contributed by atoms with van der Waals surface area (Å²) in [6, 6.07) is 5.99. The molecule has 0 aromatic carbocycles. The minimum absolute atomic E-state index is 0. The first-order valence-electron chi connectivity index (χ1n) is 6.72. The number of pyridine rings is 1. The highest BCUT2D eigenvalue weighted by Crippen LogP contribution is 1.95. The molecule has 0 aliphatic heterocycles. The predicted molar refractivity (Wildman–Crippen MR) is 71.4 cm³/mol. The Balaban J connectivity index is 0.00000361. The van der Waals surface area contributed by atoms with Crippen LogP contribution in [0.15, 0.2) is 30.6 Å². The summed E-state index contributed by atoms with van der Waals surface area (Å²) < 4.78 is 7.16. The van der Waals surface area contributed by atoms with Crippen LogP contribution in [0.3, 0.4) is 0 Å². The molecule has 1 rings (SSSR count). The number of aliphatic hydroxyl groups is 1. The molecular formula is C14H23BrN2O3. The van der Waals surface area contributed by atoms with Crippen molar-refractivity contribution in [1.29, 1.82) is 0 Å². The highest BCUT2D eigenvalue weighted by molar-refractivity contribution is 5.75. The number of ether oxygens (including phenoxy) is 1. The van der Waals surface area contributed by atoms with Gasteiger partial charge < -0.3 is 32.1 Å². The van der Waals surface area contributed by atoms with E-state index in [-0.39, 0.29) is 29.5 Å². The molecule has 0 unspecified atom stereocenters. The number of halogens is 1. The van der Waals surface area contributed by atoms with Crippen molar-refractivity contribution in [2.45, 2.75) is 25.8 Å². The monoisotopic (exact) mass is 346 g/mol. The van der Waals surface area contributed by atoms with E-state index in [1.54, 1.807) is 0 Å². The van der Waals surface area contributed by atoms with Gasteiger partial charge in [-0.2, -0.15) is 0 Å². The molecule has 0 saturated heterocycles. The highest BCUT2D eigenvalue weighted by atomic mass is 79.9. The molecule has 0 spiro atoms. The van der Waals surface area contributed by atoms with Crippen molar-refractivity contribution in [3.05, 3.63) is 30.6 Å². The average Bonchev–Trinajstić information content (AvgIpc) is 2.44. The lowest BCUT2D eigenvalue weighted by atomic mass is 10.2. The molecular weight excluding hydrogens is 324 g/mol. The molecule has 20 heavy (non-hydrogen) atoms. The summed E-state index contributed by atoms with van der Waals surface area (Å²) in [4.78, 5) is 11.5. The number of hydrogen-bond donors (Lipinski definition) is 2. The van der Waals surface area contributed by atoms with Crippen LogP contribution in [0.25, 0.3) is 0 Å². The Kier molecular flexibility index (Phi) is 12.4. The first-order valence-corrected chi connectivity index (χ1v) is 6.72. The minimum atomic E-state index is 0. The quantitative estimate of drug-likeness (QED) is 0.357. The topological polar surface area (TPSA) is 62.4 Å². The number of unbranched alkanes of at least 4 members (excludes halogenated alkanes) is 1. The van der Waals surface area contributed by atoms with Crippen LogP contribution < -0.4 is 26.9 Å². The third-order valence-corrected chi connectivity index (χ3v) is 2.65. The van der Waals surface area contributed by atoms with Crippen molar-refractivity contribution in [1.82, 2.24) is 5.32 Å². The Morgan fingerprint density at radius 2 is 1.90 bits per heavy atom. The molecule has 2 N–H and O–H groups in total. The summed E-state index contributed by atoms with van der Waals surface area (Å²) in [6.45, 7) is 2.24. The fraction of sp³-hybridized carbons (Fsp3) is 0.571. The van der Waals surface area contributed by atoms with Gasteiger partial charge in [0.25, 0.3) is 0 Å². The van der Waals surface area contributed by atoms with Gasteiger partial charge in [0, 0.05) is 31.5 Å². The maximum atomic E-state index is 11.5. The molecule has 1 amide bonds. The first kappa shape index (κ1) is 19.0. The fourth-order valence-corrected chi connectivity index (χ4v) is 1.68. The van der Waals surface area contributed by atoms with Crippen LogP contribution in [0.4, 0.5) is 0 Å². The number of nitrogens with one attached hydrogen (secondary N) is 1. The lowest BCUT2D eigenvalue weighted by Crippen LogP contribution is -3.00. The minimum Gasteiger partial charge on any atom is -1.00 e. The number of aryl methyl sites for hydroxylation is 1. The van der Waals surface area contributed by atoms with E-state index in [2.05, 4.69) is 9.88 Å². The molecule has 0 radical (unpaired) electrons. The first-order chi connectivity index (χ1) is 9.33. The van der Waals surface area contributed by atoms with Gasteiger partial charge >= 0.3 is 0 Å². The molecule has 0 fully saturated rings. The zero-order valence-electron chi connectivity index (χ0n) is 11.6. The molecule has 1 aromatic heterocycles. The van der Waals surface area contributed by atoms with Gasteiger partial charge in [-0.1, -0.05) is 6.07 Å². The second-order valence-corrected chi connectivity index (χ2v) is 4.26. The molecule has 0 bridgehead atoms. The lowest BCUT2D eigenvalue weighted by molar-refractivity contribution is -0.697. The van der Waals surface area contributed by atoms with Crippen molar-refractivity contribution in [3.8, 4) is 0 Å². The molecule has 0 aliphatic rings. The number of aromatic nitrogens is 1. The number of nitrogens with zero attached hydrogens (tertiary/aromatic N) is 1. The Hall–Kier alpha value is -0.980. The van der Waals surface area contributed by atoms with E-state index in [1.807, 2.05) is 30.6 Å². The van der Waals surface area contributed by atoms with Gasteiger partial charge in [0.2, 0.25) is 5.91 Å². The van der Waals surface area contributed by atoms with Crippen molar-refractivity contribution in [2.75, 3.05) is 26.4 Å². The maximum absolute atomic E-state index is 11.5. The van der Waals surface area contributed by atoms with Crippen LogP contribution >= 0.6 is 0 Å². The molecule has 5 nitrogen and oxygen atoms in total. The van der Waals surface area contributed by atoms with Crippen LogP contribution in [0.2, 0.25) is 0 Å². The number of aliphatic hydroxyl groups excluding tert-OH is 1. The van der Waals surface area contributed by atoms with Crippen LogP contribution in [0.1, 0.15) is 19.3 Å². The molecule has 114 valence electrons. The van der Waals surface area contributed by atoms with Crippen molar-refractivity contribution in [3.63, 3.8) is 0 Å². The molecule has 0 aliphatic carbocycles. The van der Waals surface area contributed by atoms with E-state index in [0.717, 1.165) is 19.4 Å². The van der Waals surface area contributed by atoms with Gasteiger partial charge in [-0.05, 0) is 6.42 Å². The van der Waals surface area contributed by atoms with E-state index in [9.17, 15) is 4.79 Å². The molecule has 0 saturated carbocycles. The van der Waals surface area contributed by atoms with Gasteiger partial charge in [-0.3, -0.25) is 4.79 Å². The summed E-state index contributed by atoms with van der Waals surface area (Å²) in [7, 11) is 0. The number of hydrogen-bond acceptors (Lipinski definition) is 3. The van der Waals surface area contributed by atoms with Gasteiger partial charge in [-0.15, -0.1) is 0 Å². The Morgan fingerprint density at radius 1 is 1.15 bits per heavy atom. The van der Waals surface area contributed by atoms with Crippen LogP contribution in [0, 0.1) is 0 Å². The molecule has 0 atom stereocenters. The standard InChI is InChI=1S/C14H22N2O3.BrH/c17-11-13-19-12-7-15-14(18)6-2-5-10-16-8-3-1-4-9-16;/h1,3-4,8-9,17H,2,5-7,10-13H2;1H. The van der Waals surface area contributed by atoms with Crippen LogP contribution in [-0.4, -0.2) is 37.4 Å². The zero-order chi connectivity index (χ0) is 13.8. The Labute approximate surface area is 130 Å². The van der Waals surface area contributed by atoms with E-state index >= 15 is 0 Å². The Morgan fingerprint density at radius 3 is 2.60 bits per heavy atom. The van der Waals surface area contributed by atoms with E-state index in [1.165, 1.54) is 0 Å². The second kappa shape index (κ2) is 13.0. The maximum Gasteiger partial charge on any atom is 0.220 e. The normalized spacial score (nSPS) is 9.85. The molecule has 6 heteroatoms. The summed E-state index contributed by atoms with van der Waals surface area (Å²) in [5, 5.41) is 11.3. The third kappa shape index (κ3) is 9.89. The number of rotatable bonds is 10. The van der Waals surface area contributed by atoms with Gasteiger partial charge in [-0.25, -0.2) is 4.57 Å². The van der Waals surface area contributed by atoms with Crippen LogP contribution in [-0.2, 0) is 16.1 Å². The Bertz CT molecular complexity index is 350. The third-order valence-electron chi connectivity index (χ3n) is 2.65. The predicted octanol–water partition coefficient (Wildman–Crippen LogP) is -2.73. The fourth-order valence-electron chi connectivity index (χ4n) is 1.68. The number of carbonyl (C=O) groups is 1. The van der Waals surface area contributed by atoms with Crippen molar-refractivity contribution in [2.24, 2.45) is 0 Å². The second-order valence-electron chi connectivity index (χ2n) is 4.26. The number of carbonyl (C=O) groups excluding carboxylic acids is 1. The average molecular weight is 347 g/mol. The zero-order valence-corrected chi connectivity index (χ0v) is 13.2. The van der Waals surface area contributed by atoms with Gasteiger partial charge in [0.05, 0.1) is 19.8 Å². The lowest BCUT2D eigenvalue weighted by Gasteiger charge is -2.05. The van der Waals surface area contributed by atoms with Gasteiger partial charge in [0.15, 0.2) is 12.4 Å². The summed E-state index contributed by atoms with van der Waals surface area (Å²) in [6.07, 6.45) is 6.47. The number of amides is 1. The van der Waals surface area contributed by atoms with Crippen molar-refractivity contribution >= 4 is 5.91 Å². The SMILES string of the molecule is O=C(CCCC[n+]1ccccc1)NCCOCCO.[Br-]. The largest absolute Gasteiger partial charge is 1.00 e. The summed E-state index contributed by atoms with van der Waals surface area (Å²) in [5.41, 5.74) is 0. The smallest absolute Gasteiger partial charge is 0.220 e. The molecule has 1 aromatic rings. The summed E-state index contributed by atoms with van der Waals surface area (Å²) >= 11 is 0. The van der Waals surface area contributed by atoms with Crippen LogP contribution in [0.5, 0.6) is 0 Å². The summed E-state index contributed by atoms with van der Waals surface area (Å²) in [5.74, 6) is 0.0608.